The molecule has 0 aliphatic carbocycles. The van der Waals surface area contributed by atoms with Gasteiger partial charge in [-0.15, -0.1) is 0 Å². The van der Waals surface area contributed by atoms with Crippen molar-refractivity contribution >= 4 is 28.0 Å². The van der Waals surface area contributed by atoms with Crippen LogP contribution in [0.4, 0.5) is 0 Å². The van der Waals surface area contributed by atoms with Crippen LogP contribution in [0.1, 0.15) is 11.3 Å². The van der Waals surface area contributed by atoms with E-state index in [4.69, 9.17) is 5.11 Å². The first kappa shape index (κ1) is 12.6. The van der Waals surface area contributed by atoms with Crippen LogP contribution < -0.4 is 0 Å². The first-order chi connectivity index (χ1) is 8.59. The van der Waals surface area contributed by atoms with Gasteiger partial charge in [0.15, 0.2) is 0 Å². The number of carbonyl (C=O) groups is 1. The number of aromatic nitrogens is 2. The number of rotatable bonds is 3. The highest BCUT2D eigenvalue weighted by atomic mass is 79.9. The third-order valence-electron chi connectivity index (χ3n) is 2.53. The van der Waals surface area contributed by atoms with Crippen molar-refractivity contribution in [3.63, 3.8) is 0 Å². The maximum atomic E-state index is 10.5. The highest BCUT2D eigenvalue weighted by Crippen LogP contribution is 2.22. The molecule has 0 aliphatic heterocycles. The van der Waals surface area contributed by atoms with Crippen LogP contribution in [-0.2, 0) is 4.79 Å². The molecular weight excluding hydrogens is 296 g/mol. The minimum atomic E-state index is -0.969. The molecule has 1 N–H and O–H groups in total. The Kier molecular flexibility index (Phi) is 3.62. The second-order valence-electron chi connectivity index (χ2n) is 3.72. The number of nitrogens with zero attached hydrogens (tertiary/aromatic N) is 2. The summed E-state index contributed by atoms with van der Waals surface area (Å²) in [5, 5.41) is 12.9. The second kappa shape index (κ2) is 5.18. The van der Waals surface area contributed by atoms with Crippen LogP contribution >= 0.6 is 15.9 Å². The molecule has 0 fully saturated rings. The SMILES string of the molecule is Cc1c(/C=C/C(=O)O)cnn1-c1ccccc1Br. The Morgan fingerprint density at radius 3 is 2.83 bits per heavy atom. The van der Waals surface area contributed by atoms with Crippen molar-refractivity contribution in [2.24, 2.45) is 0 Å². The molecule has 0 amide bonds. The van der Waals surface area contributed by atoms with E-state index in [1.54, 1.807) is 10.9 Å². The van der Waals surface area contributed by atoms with Crippen LogP contribution in [0.5, 0.6) is 0 Å². The number of carboxylic acid groups (broad SMARTS) is 1. The lowest BCUT2D eigenvalue weighted by molar-refractivity contribution is -0.131. The molecule has 0 radical (unpaired) electrons. The van der Waals surface area contributed by atoms with Crippen molar-refractivity contribution in [3.05, 3.63) is 52.3 Å². The van der Waals surface area contributed by atoms with Crippen LogP contribution in [0.3, 0.4) is 0 Å². The molecule has 2 rings (SSSR count). The van der Waals surface area contributed by atoms with E-state index in [-0.39, 0.29) is 0 Å². The van der Waals surface area contributed by atoms with Gasteiger partial charge in [0.25, 0.3) is 0 Å². The average Bonchev–Trinajstić information content (AvgIpc) is 2.69. The molecule has 0 unspecified atom stereocenters. The molecule has 0 saturated heterocycles. The summed E-state index contributed by atoms with van der Waals surface area (Å²) in [7, 11) is 0. The molecule has 5 heteroatoms. The van der Waals surface area contributed by atoms with E-state index in [2.05, 4.69) is 21.0 Å². The van der Waals surface area contributed by atoms with Crippen molar-refractivity contribution in [2.75, 3.05) is 0 Å². The number of benzene rings is 1. The first-order valence-corrected chi connectivity index (χ1v) is 6.09. The van der Waals surface area contributed by atoms with Gasteiger partial charge in [-0.05, 0) is 41.1 Å². The standard InChI is InChI=1S/C13H11BrN2O2/c1-9-10(6-7-13(17)18)8-15-16(9)12-5-3-2-4-11(12)14/h2-8H,1H3,(H,17,18)/b7-6+. The summed E-state index contributed by atoms with van der Waals surface area (Å²) < 4.78 is 2.70. The molecule has 92 valence electrons. The van der Waals surface area contributed by atoms with Crippen molar-refractivity contribution in [2.45, 2.75) is 6.92 Å². The van der Waals surface area contributed by atoms with E-state index in [9.17, 15) is 4.79 Å². The molecule has 18 heavy (non-hydrogen) atoms. The molecule has 0 bridgehead atoms. The van der Waals surface area contributed by atoms with Gasteiger partial charge in [0.05, 0.1) is 11.9 Å². The van der Waals surface area contributed by atoms with Gasteiger partial charge < -0.3 is 5.11 Å². The lowest BCUT2D eigenvalue weighted by Crippen LogP contribution is -1.99. The predicted octanol–water partition coefficient (Wildman–Crippen LogP) is 3.04. The number of halogens is 1. The fourth-order valence-electron chi connectivity index (χ4n) is 1.61. The highest BCUT2D eigenvalue weighted by molar-refractivity contribution is 9.10. The fraction of sp³-hybridized carbons (Fsp3) is 0.0769. The van der Waals surface area contributed by atoms with Gasteiger partial charge in [0.2, 0.25) is 0 Å². The Morgan fingerprint density at radius 2 is 2.17 bits per heavy atom. The average molecular weight is 307 g/mol. The van der Waals surface area contributed by atoms with E-state index < -0.39 is 5.97 Å². The van der Waals surface area contributed by atoms with Gasteiger partial charge in [-0.3, -0.25) is 0 Å². The van der Waals surface area contributed by atoms with Crippen LogP contribution in [0.25, 0.3) is 11.8 Å². The lowest BCUT2D eigenvalue weighted by Gasteiger charge is -2.06. The van der Waals surface area contributed by atoms with E-state index in [1.807, 2.05) is 31.2 Å². The van der Waals surface area contributed by atoms with Gasteiger partial charge in [-0.1, -0.05) is 12.1 Å². The first-order valence-electron chi connectivity index (χ1n) is 5.30. The summed E-state index contributed by atoms with van der Waals surface area (Å²) in [6, 6.07) is 7.73. The number of hydrogen-bond donors (Lipinski definition) is 1. The molecule has 2 aromatic rings. The van der Waals surface area contributed by atoms with Gasteiger partial charge >= 0.3 is 5.97 Å². The van der Waals surface area contributed by atoms with Gasteiger partial charge in [0.1, 0.15) is 0 Å². The topological polar surface area (TPSA) is 55.1 Å². The van der Waals surface area contributed by atoms with E-state index in [0.717, 1.165) is 27.5 Å². The summed E-state index contributed by atoms with van der Waals surface area (Å²) >= 11 is 3.47. The number of carboxylic acids is 1. The molecule has 0 saturated carbocycles. The van der Waals surface area contributed by atoms with E-state index in [1.165, 1.54) is 6.08 Å². The third-order valence-corrected chi connectivity index (χ3v) is 3.20. The summed E-state index contributed by atoms with van der Waals surface area (Å²) in [5.41, 5.74) is 2.59. The molecule has 0 atom stereocenters. The van der Waals surface area contributed by atoms with Crippen LogP contribution in [-0.4, -0.2) is 20.9 Å². The van der Waals surface area contributed by atoms with Crippen molar-refractivity contribution in [1.29, 1.82) is 0 Å². The highest BCUT2D eigenvalue weighted by Gasteiger charge is 2.08. The Labute approximate surface area is 113 Å². The largest absolute Gasteiger partial charge is 0.478 e. The number of para-hydroxylation sites is 1. The lowest BCUT2D eigenvalue weighted by atomic mass is 10.2. The van der Waals surface area contributed by atoms with Gasteiger partial charge in [-0.2, -0.15) is 5.10 Å². The second-order valence-corrected chi connectivity index (χ2v) is 4.57. The van der Waals surface area contributed by atoms with E-state index in [0.29, 0.717) is 0 Å². The van der Waals surface area contributed by atoms with Crippen LogP contribution in [0.15, 0.2) is 41.0 Å². The number of hydrogen-bond acceptors (Lipinski definition) is 2. The molecule has 4 nitrogen and oxygen atoms in total. The van der Waals surface area contributed by atoms with Gasteiger partial charge in [-0.25, -0.2) is 9.48 Å². The quantitative estimate of drug-likeness (QED) is 0.887. The smallest absolute Gasteiger partial charge is 0.328 e. The molecule has 0 aliphatic rings. The minimum Gasteiger partial charge on any atom is -0.478 e. The van der Waals surface area contributed by atoms with Crippen LogP contribution in [0, 0.1) is 6.92 Å². The molecule has 1 aromatic heterocycles. The summed E-state index contributed by atoms with van der Waals surface area (Å²) in [6.45, 7) is 1.90. The Bertz CT molecular complexity index is 617. The summed E-state index contributed by atoms with van der Waals surface area (Å²) in [4.78, 5) is 10.5. The fourth-order valence-corrected chi connectivity index (χ4v) is 2.07. The van der Waals surface area contributed by atoms with Crippen molar-refractivity contribution in [1.82, 2.24) is 9.78 Å². The molecule has 0 spiro atoms. The summed E-state index contributed by atoms with van der Waals surface area (Å²) in [5.74, 6) is -0.969. The summed E-state index contributed by atoms with van der Waals surface area (Å²) in [6.07, 6.45) is 4.29. The number of aliphatic carboxylic acids is 1. The monoisotopic (exact) mass is 306 g/mol. The van der Waals surface area contributed by atoms with Crippen molar-refractivity contribution < 1.29 is 9.90 Å². The third kappa shape index (κ3) is 2.51. The van der Waals surface area contributed by atoms with Crippen LogP contribution in [0.2, 0.25) is 0 Å². The predicted molar refractivity (Wildman–Crippen MR) is 72.7 cm³/mol. The maximum Gasteiger partial charge on any atom is 0.328 e. The molecular formula is C13H11BrN2O2. The molecule has 1 aromatic carbocycles. The Morgan fingerprint density at radius 1 is 1.44 bits per heavy atom. The maximum absolute atomic E-state index is 10.5. The Balaban J connectivity index is 2.43. The van der Waals surface area contributed by atoms with Gasteiger partial charge in [0, 0.05) is 21.8 Å². The Hall–Kier alpha value is -1.88. The zero-order valence-electron chi connectivity index (χ0n) is 9.67. The van der Waals surface area contributed by atoms with Crippen molar-refractivity contribution in [3.8, 4) is 5.69 Å². The zero-order chi connectivity index (χ0) is 13.1. The van der Waals surface area contributed by atoms with E-state index >= 15 is 0 Å². The minimum absolute atomic E-state index is 0.785. The molecule has 1 heterocycles. The normalized spacial score (nSPS) is 11.0. The zero-order valence-corrected chi connectivity index (χ0v) is 11.3.